The molecule has 0 saturated heterocycles. The molecule has 0 aliphatic rings. The molecule has 0 spiro atoms. The molecule has 0 aliphatic heterocycles. The van der Waals surface area contributed by atoms with Crippen molar-refractivity contribution in [1.82, 2.24) is 0 Å². The van der Waals surface area contributed by atoms with Gasteiger partial charge in [0.15, 0.2) is 0 Å². The summed E-state index contributed by atoms with van der Waals surface area (Å²) in [6, 6.07) is 5.29. The van der Waals surface area contributed by atoms with Crippen LogP contribution in [0.25, 0.3) is 0 Å². The molecule has 88 valence electrons. The Hall–Kier alpha value is -0.480. The minimum Gasteiger partial charge on any atom is -0.459 e. The summed E-state index contributed by atoms with van der Waals surface area (Å²) in [5.41, 5.74) is 0.499. The van der Waals surface area contributed by atoms with Crippen LogP contribution in [-0.2, 0) is 4.74 Å². The van der Waals surface area contributed by atoms with Crippen LogP contribution in [0.2, 0.25) is 0 Å². The third kappa shape index (κ3) is 3.52. The van der Waals surface area contributed by atoms with Gasteiger partial charge in [-0.25, -0.2) is 4.79 Å². The number of benzene rings is 1. The summed E-state index contributed by atoms with van der Waals surface area (Å²) in [6.45, 7) is 5.92. The van der Waals surface area contributed by atoms with Crippen molar-refractivity contribution >= 4 is 34.5 Å². The molecule has 0 fully saturated rings. The van der Waals surface area contributed by atoms with E-state index in [0.29, 0.717) is 16.4 Å². The van der Waals surface area contributed by atoms with E-state index >= 15 is 0 Å². The van der Waals surface area contributed by atoms with Gasteiger partial charge in [-0.3, -0.25) is 0 Å². The molecule has 1 aromatic rings. The minimum absolute atomic E-state index is 0.0936. The van der Waals surface area contributed by atoms with E-state index in [1.807, 2.05) is 20.8 Å². The lowest BCUT2D eigenvalue weighted by Crippen LogP contribution is -2.20. The van der Waals surface area contributed by atoms with Gasteiger partial charge in [-0.2, -0.15) is 0 Å². The average Bonchev–Trinajstić information content (AvgIpc) is 2.16. The molecule has 1 unspecified atom stereocenters. The average molecular weight is 303 g/mol. The third-order valence-corrected chi connectivity index (χ3v) is 3.27. The SMILES string of the molecule is CC(C)C(C)OC(=O)c1ccc(Br)cc1S. The molecule has 1 aromatic carbocycles. The van der Waals surface area contributed by atoms with E-state index in [-0.39, 0.29) is 12.1 Å². The molecule has 1 rings (SSSR count). The summed E-state index contributed by atoms with van der Waals surface area (Å²) in [5, 5.41) is 0. The van der Waals surface area contributed by atoms with Crippen LogP contribution >= 0.6 is 28.6 Å². The first-order chi connectivity index (χ1) is 7.41. The maximum absolute atomic E-state index is 11.8. The maximum atomic E-state index is 11.8. The topological polar surface area (TPSA) is 26.3 Å². The largest absolute Gasteiger partial charge is 0.459 e. The molecule has 4 heteroatoms. The van der Waals surface area contributed by atoms with E-state index in [4.69, 9.17) is 4.74 Å². The summed E-state index contributed by atoms with van der Waals surface area (Å²) in [4.78, 5) is 12.4. The Morgan fingerprint density at radius 2 is 2.00 bits per heavy atom. The van der Waals surface area contributed by atoms with Gasteiger partial charge in [0.05, 0.1) is 5.56 Å². The van der Waals surface area contributed by atoms with Crippen molar-refractivity contribution in [3.05, 3.63) is 28.2 Å². The van der Waals surface area contributed by atoms with Crippen LogP contribution < -0.4 is 0 Å². The lowest BCUT2D eigenvalue weighted by Gasteiger charge is -2.17. The van der Waals surface area contributed by atoms with E-state index in [0.717, 1.165) is 4.47 Å². The molecule has 1 atom stereocenters. The zero-order valence-electron chi connectivity index (χ0n) is 9.53. The lowest BCUT2D eigenvalue weighted by molar-refractivity contribution is 0.0234. The zero-order valence-corrected chi connectivity index (χ0v) is 12.0. The van der Waals surface area contributed by atoms with Crippen LogP contribution in [0, 0.1) is 5.92 Å². The van der Waals surface area contributed by atoms with E-state index in [9.17, 15) is 4.79 Å². The zero-order chi connectivity index (χ0) is 12.3. The second-order valence-electron chi connectivity index (χ2n) is 4.02. The molecular formula is C12H15BrO2S. The van der Waals surface area contributed by atoms with Crippen molar-refractivity contribution in [2.24, 2.45) is 5.92 Å². The standard InChI is InChI=1S/C12H15BrO2S/c1-7(2)8(3)15-12(14)10-5-4-9(13)6-11(10)16/h4-8,16H,1-3H3. The number of hydrogen-bond donors (Lipinski definition) is 1. The molecule has 0 radical (unpaired) electrons. The number of rotatable bonds is 3. The maximum Gasteiger partial charge on any atom is 0.339 e. The molecule has 0 aliphatic carbocycles. The Balaban J connectivity index is 2.81. The van der Waals surface area contributed by atoms with Crippen LogP contribution in [0.1, 0.15) is 31.1 Å². The number of thiol groups is 1. The lowest BCUT2D eigenvalue weighted by atomic mass is 10.1. The van der Waals surface area contributed by atoms with Crippen LogP contribution in [0.15, 0.2) is 27.6 Å². The van der Waals surface area contributed by atoms with Gasteiger partial charge >= 0.3 is 5.97 Å². The fourth-order valence-electron chi connectivity index (χ4n) is 1.05. The first-order valence-electron chi connectivity index (χ1n) is 5.11. The van der Waals surface area contributed by atoms with Crippen molar-refractivity contribution in [3.8, 4) is 0 Å². The van der Waals surface area contributed by atoms with E-state index in [1.165, 1.54) is 0 Å². The molecule has 0 N–H and O–H groups in total. The number of carbonyl (C=O) groups is 1. The number of ether oxygens (including phenoxy) is 1. The third-order valence-electron chi connectivity index (χ3n) is 2.41. The number of halogens is 1. The Morgan fingerprint density at radius 3 is 2.50 bits per heavy atom. The van der Waals surface area contributed by atoms with Gasteiger partial charge in [-0.05, 0) is 31.0 Å². The molecule has 0 amide bonds. The summed E-state index contributed by atoms with van der Waals surface area (Å²) < 4.78 is 6.21. The minimum atomic E-state index is -0.321. The normalized spacial score (nSPS) is 12.6. The predicted molar refractivity (Wildman–Crippen MR) is 71.1 cm³/mol. The quantitative estimate of drug-likeness (QED) is 0.676. The van der Waals surface area contributed by atoms with Crippen molar-refractivity contribution in [2.45, 2.75) is 31.8 Å². The molecule has 0 aromatic heterocycles. The summed E-state index contributed by atoms with van der Waals surface area (Å²) in [6.07, 6.45) is -0.0936. The number of esters is 1. The van der Waals surface area contributed by atoms with Gasteiger partial charge in [0.25, 0.3) is 0 Å². The second-order valence-corrected chi connectivity index (χ2v) is 5.41. The Morgan fingerprint density at radius 1 is 1.38 bits per heavy atom. The molecule has 16 heavy (non-hydrogen) atoms. The molecule has 2 nitrogen and oxygen atoms in total. The summed E-state index contributed by atoms with van der Waals surface area (Å²) in [5.74, 6) is -0.0125. The smallest absolute Gasteiger partial charge is 0.339 e. The molecule has 0 bridgehead atoms. The predicted octanol–water partition coefficient (Wildman–Crippen LogP) is 3.94. The Kier molecular flexibility index (Phi) is 4.87. The highest BCUT2D eigenvalue weighted by atomic mass is 79.9. The Labute approximate surface area is 110 Å². The first-order valence-corrected chi connectivity index (χ1v) is 6.35. The fraction of sp³-hybridized carbons (Fsp3) is 0.417. The highest BCUT2D eigenvalue weighted by Gasteiger charge is 2.16. The number of hydrogen-bond acceptors (Lipinski definition) is 3. The van der Waals surface area contributed by atoms with E-state index < -0.39 is 0 Å². The van der Waals surface area contributed by atoms with E-state index in [2.05, 4.69) is 28.6 Å². The van der Waals surface area contributed by atoms with E-state index in [1.54, 1.807) is 18.2 Å². The van der Waals surface area contributed by atoms with Gasteiger partial charge in [0.2, 0.25) is 0 Å². The van der Waals surface area contributed by atoms with Crippen molar-refractivity contribution in [3.63, 3.8) is 0 Å². The highest BCUT2D eigenvalue weighted by Crippen LogP contribution is 2.21. The second kappa shape index (κ2) is 5.73. The van der Waals surface area contributed by atoms with Gasteiger partial charge in [-0.1, -0.05) is 29.8 Å². The summed E-state index contributed by atoms with van der Waals surface area (Å²) in [7, 11) is 0. The van der Waals surface area contributed by atoms with Gasteiger partial charge in [0.1, 0.15) is 6.10 Å². The molecule has 0 saturated carbocycles. The highest BCUT2D eigenvalue weighted by molar-refractivity contribution is 9.10. The fourth-order valence-corrected chi connectivity index (χ4v) is 1.89. The van der Waals surface area contributed by atoms with Crippen molar-refractivity contribution in [1.29, 1.82) is 0 Å². The van der Waals surface area contributed by atoms with Crippen molar-refractivity contribution < 1.29 is 9.53 Å². The van der Waals surface area contributed by atoms with Gasteiger partial charge < -0.3 is 4.74 Å². The van der Waals surface area contributed by atoms with Crippen LogP contribution in [0.4, 0.5) is 0 Å². The van der Waals surface area contributed by atoms with Gasteiger partial charge in [-0.15, -0.1) is 12.6 Å². The molecular weight excluding hydrogens is 288 g/mol. The number of carbonyl (C=O) groups excluding carboxylic acids is 1. The van der Waals surface area contributed by atoms with Crippen LogP contribution in [-0.4, -0.2) is 12.1 Å². The molecule has 0 heterocycles. The van der Waals surface area contributed by atoms with Crippen LogP contribution in [0.5, 0.6) is 0 Å². The monoisotopic (exact) mass is 302 g/mol. The van der Waals surface area contributed by atoms with Crippen LogP contribution in [0.3, 0.4) is 0 Å². The van der Waals surface area contributed by atoms with Gasteiger partial charge in [0, 0.05) is 9.37 Å². The Bertz CT molecular complexity index is 391. The van der Waals surface area contributed by atoms with Crippen molar-refractivity contribution in [2.75, 3.05) is 0 Å². The first kappa shape index (κ1) is 13.6. The summed E-state index contributed by atoms with van der Waals surface area (Å²) >= 11 is 7.57.